The lowest BCUT2D eigenvalue weighted by molar-refractivity contribution is 0.102. The number of benzene rings is 2. The van der Waals surface area contributed by atoms with Gasteiger partial charge in [0.1, 0.15) is 5.75 Å². The second-order valence-corrected chi connectivity index (χ2v) is 4.13. The van der Waals surface area contributed by atoms with Crippen LogP contribution >= 0.6 is 0 Å². The minimum Gasteiger partial charge on any atom is -0.508 e. The summed E-state index contributed by atoms with van der Waals surface area (Å²) in [4.78, 5) is 12.0. The highest BCUT2D eigenvalue weighted by Crippen LogP contribution is 2.28. The first kappa shape index (κ1) is 9.90. The lowest BCUT2D eigenvalue weighted by Crippen LogP contribution is -2.11. The third kappa shape index (κ3) is 1.65. The van der Waals surface area contributed by atoms with E-state index in [1.807, 2.05) is 24.3 Å². The van der Waals surface area contributed by atoms with Crippen molar-refractivity contribution in [2.75, 3.05) is 5.32 Å². The Balaban J connectivity index is 2.18. The summed E-state index contributed by atoms with van der Waals surface area (Å²) in [6.45, 7) is 0. The van der Waals surface area contributed by atoms with Crippen LogP contribution in [0.2, 0.25) is 0 Å². The molecule has 1 aliphatic rings. The molecule has 1 aliphatic heterocycles. The van der Waals surface area contributed by atoms with Crippen LogP contribution in [0, 0.1) is 0 Å². The molecule has 0 unspecified atom stereocenters. The van der Waals surface area contributed by atoms with Crippen LogP contribution in [-0.4, -0.2) is 11.0 Å². The summed E-state index contributed by atoms with van der Waals surface area (Å²) in [6, 6.07) is 12.5. The van der Waals surface area contributed by atoms with Gasteiger partial charge in [-0.15, -0.1) is 0 Å². The van der Waals surface area contributed by atoms with Crippen molar-refractivity contribution in [3.63, 3.8) is 0 Å². The molecule has 0 radical (unpaired) electrons. The van der Waals surface area contributed by atoms with Crippen molar-refractivity contribution in [1.82, 2.24) is 0 Å². The Bertz CT molecular complexity index is 605. The number of aromatic hydroxyl groups is 1. The average Bonchev–Trinajstić information content (AvgIpc) is 2.46. The van der Waals surface area contributed by atoms with Gasteiger partial charge in [0.05, 0.1) is 0 Å². The first-order chi connectivity index (χ1) is 8.24. The summed E-state index contributed by atoms with van der Waals surface area (Å²) in [5.74, 6) is 0.127. The normalized spacial score (nSPS) is 13.3. The molecule has 1 amide bonds. The molecule has 0 bridgehead atoms. The number of hydrogen-bond donors (Lipinski definition) is 2. The van der Waals surface area contributed by atoms with Gasteiger partial charge in [-0.25, -0.2) is 0 Å². The van der Waals surface area contributed by atoms with Gasteiger partial charge in [0.15, 0.2) is 0 Å². The minimum atomic E-state index is -0.0926. The maximum atomic E-state index is 12.0. The van der Waals surface area contributed by atoms with Crippen molar-refractivity contribution < 1.29 is 9.90 Å². The van der Waals surface area contributed by atoms with Gasteiger partial charge in [-0.3, -0.25) is 4.79 Å². The monoisotopic (exact) mass is 225 g/mol. The highest BCUT2D eigenvalue weighted by atomic mass is 16.3. The van der Waals surface area contributed by atoms with Crippen LogP contribution in [0.3, 0.4) is 0 Å². The number of fused-ring (bicyclic) bond motifs is 2. The van der Waals surface area contributed by atoms with Crippen molar-refractivity contribution in [2.45, 2.75) is 6.42 Å². The van der Waals surface area contributed by atoms with Crippen LogP contribution in [0.1, 0.15) is 21.5 Å². The molecule has 1 heterocycles. The summed E-state index contributed by atoms with van der Waals surface area (Å²) in [5, 5.41) is 12.3. The molecule has 0 saturated carbocycles. The number of rotatable bonds is 0. The largest absolute Gasteiger partial charge is 0.508 e. The Kier molecular flexibility index (Phi) is 2.11. The quantitative estimate of drug-likeness (QED) is 0.677. The van der Waals surface area contributed by atoms with Gasteiger partial charge in [-0.1, -0.05) is 18.2 Å². The van der Waals surface area contributed by atoms with Crippen molar-refractivity contribution >= 4 is 11.6 Å². The fourth-order valence-corrected chi connectivity index (χ4v) is 2.14. The summed E-state index contributed by atoms with van der Waals surface area (Å²) in [6.07, 6.45) is 0.651. The van der Waals surface area contributed by atoms with E-state index in [2.05, 4.69) is 5.32 Å². The maximum absolute atomic E-state index is 12.0. The molecule has 3 heteroatoms. The minimum absolute atomic E-state index is 0.0926. The molecule has 0 aromatic heterocycles. The molecule has 0 saturated heterocycles. The van der Waals surface area contributed by atoms with Gasteiger partial charge in [0.25, 0.3) is 5.91 Å². The van der Waals surface area contributed by atoms with Gasteiger partial charge >= 0.3 is 0 Å². The van der Waals surface area contributed by atoms with E-state index in [4.69, 9.17) is 0 Å². The highest BCUT2D eigenvalue weighted by molar-refractivity contribution is 6.06. The lowest BCUT2D eigenvalue weighted by atomic mass is 10.0. The van der Waals surface area contributed by atoms with Crippen molar-refractivity contribution in [3.05, 3.63) is 59.2 Å². The number of hydrogen-bond acceptors (Lipinski definition) is 2. The number of carbonyl (C=O) groups is 1. The predicted molar refractivity (Wildman–Crippen MR) is 65.3 cm³/mol. The van der Waals surface area contributed by atoms with Gasteiger partial charge < -0.3 is 10.4 Å². The van der Waals surface area contributed by atoms with Crippen LogP contribution in [-0.2, 0) is 6.42 Å². The van der Waals surface area contributed by atoms with Crippen molar-refractivity contribution in [1.29, 1.82) is 0 Å². The number of amides is 1. The second-order valence-electron chi connectivity index (χ2n) is 4.13. The van der Waals surface area contributed by atoms with E-state index in [0.717, 1.165) is 16.8 Å². The number of phenols is 1. The fourth-order valence-electron chi connectivity index (χ4n) is 2.14. The zero-order valence-electron chi connectivity index (χ0n) is 9.10. The molecule has 0 aliphatic carbocycles. The van der Waals surface area contributed by atoms with Gasteiger partial charge in [-0.2, -0.15) is 0 Å². The van der Waals surface area contributed by atoms with Crippen LogP contribution in [0.5, 0.6) is 5.75 Å². The molecule has 0 atom stereocenters. The number of phenolic OH excluding ortho intramolecular Hbond substituents is 1. The summed E-state index contributed by atoms with van der Waals surface area (Å²) < 4.78 is 0. The molecule has 2 aromatic carbocycles. The van der Waals surface area contributed by atoms with E-state index in [1.165, 1.54) is 0 Å². The standard InChI is InChI=1S/C14H11NO2/c16-11-5-6-13-10(8-11)7-9-3-1-2-4-12(9)14(17)15-13/h1-6,8,16H,7H2,(H,15,17). The highest BCUT2D eigenvalue weighted by Gasteiger charge is 2.18. The lowest BCUT2D eigenvalue weighted by Gasteiger charge is -2.06. The first-order valence-corrected chi connectivity index (χ1v) is 5.45. The van der Waals surface area contributed by atoms with Crippen LogP contribution < -0.4 is 5.32 Å². The van der Waals surface area contributed by atoms with E-state index in [-0.39, 0.29) is 11.7 Å². The molecule has 3 nitrogen and oxygen atoms in total. The Morgan fingerprint density at radius 2 is 1.88 bits per heavy atom. The molecule has 2 aromatic rings. The fraction of sp³-hybridized carbons (Fsp3) is 0.0714. The van der Waals surface area contributed by atoms with Gasteiger partial charge in [-0.05, 0) is 35.4 Å². The number of anilines is 1. The van der Waals surface area contributed by atoms with E-state index < -0.39 is 0 Å². The Hall–Kier alpha value is -2.29. The Labute approximate surface area is 98.7 Å². The third-order valence-corrected chi connectivity index (χ3v) is 2.98. The number of carbonyl (C=O) groups excluding carboxylic acids is 1. The van der Waals surface area contributed by atoms with E-state index in [9.17, 15) is 9.90 Å². The second kappa shape index (κ2) is 3.63. The van der Waals surface area contributed by atoms with Crippen molar-refractivity contribution in [3.8, 4) is 5.75 Å². The zero-order valence-corrected chi connectivity index (χ0v) is 9.10. The van der Waals surface area contributed by atoms with Crippen LogP contribution in [0.15, 0.2) is 42.5 Å². The molecule has 0 fully saturated rings. The smallest absolute Gasteiger partial charge is 0.255 e. The Morgan fingerprint density at radius 3 is 2.76 bits per heavy atom. The van der Waals surface area contributed by atoms with E-state index in [0.29, 0.717) is 12.0 Å². The maximum Gasteiger partial charge on any atom is 0.255 e. The van der Waals surface area contributed by atoms with Gasteiger partial charge in [0.2, 0.25) is 0 Å². The van der Waals surface area contributed by atoms with Gasteiger partial charge in [0, 0.05) is 17.7 Å². The first-order valence-electron chi connectivity index (χ1n) is 5.45. The molecular weight excluding hydrogens is 214 g/mol. The molecule has 3 rings (SSSR count). The molecular formula is C14H11NO2. The average molecular weight is 225 g/mol. The zero-order chi connectivity index (χ0) is 11.8. The van der Waals surface area contributed by atoms with E-state index >= 15 is 0 Å². The molecule has 0 spiro atoms. The third-order valence-electron chi connectivity index (χ3n) is 2.98. The molecule has 84 valence electrons. The SMILES string of the molecule is O=C1Nc2ccc(O)cc2Cc2ccccc21. The molecule has 17 heavy (non-hydrogen) atoms. The topological polar surface area (TPSA) is 49.3 Å². The van der Waals surface area contributed by atoms with Crippen LogP contribution in [0.4, 0.5) is 5.69 Å². The summed E-state index contributed by atoms with van der Waals surface area (Å²) in [5.41, 5.74) is 3.38. The number of nitrogens with one attached hydrogen (secondary N) is 1. The predicted octanol–water partition coefficient (Wildman–Crippen LogP) is 2.55. The Morgan fingerprint density at radius 1 is 1.06 bits per heavy atom. The molecule has 2 N–H and O–H groups in total. The summed E-state index contributed by atoms with van der Waals surface area (Å²) >= 11 is 0. The van der Waals surface area contributed by atoms with E-state index in [1.54, 1.807) is 18.2 Å². The summed E-state index contributed by atoms with van der Waals surface area (Å²) in [7, 11) is 0. The van der Waals surface area contributed by atoms with Crippen LogP contribution in [0.25, 0.3) is 0 Å². The van der Waals surface area contributed by atoms with Crippen molar-refractivity contribution in [2.24, 2.45) is 0 Å².